The van der Waals surface area contributed by atoms with Crippen LogP contribution >= 0.6 is 0 Å². The molecule has 2 radical (unpaired) electrons. The second-order valence-electron chi connectivity index (χ2n) is 7.83. The van der Waals surface area contributed by atoms with Crippen molar-refractivity contribution in [2.75, 3.05) is 20.8 Å². The molecule has 4 rings (SSSR count). The van der Waals surface area contributed by atoms with Crippen molar-refractivity contribution < 1.29 is 24.1 Å². The molecule has 0 aromatic heterocycles. The molecule has 1 aliphatic rings. The van der Waals surface area contributed by atoms with Crippen LogP contribution in [0, 0.1) is 0 Å². The molecule has 0 aliphatic carbocycles. The van der Waals surface area contributed by atoms with E-state index in [1.54, 1.807) is 14.2 Å². The molecule has 32 heavy (non-hydrogen) atoms. The van der Waals surface area contributed by atoms with E-state index >= 15 is 0 Å². The minimum atomic E-state index is -0.949. The summed E-state index contributed by atoms with van der Waals surface area (Å²) < 4.78 is 23.2. The molecule has 0 saturated carbocycles. The van der Waals surface area contributed by atoms with E-state index in [1.165, 1.54) is 0 Å². The Balaban J connectivity index is 1.84. The third-order valence-corrected chi connectivity index (χ3v) is 5.89. The van der Waals surface area contributed by atoms with Crippen molar-refractivity contribution in [1.82, 2.24) is 0 Å². The molecule has 3 unspecified atom stereocenters. The van der Waals surface area contributed by atoms with Crippen molar-refractivity contribution in [3.8, 4) is 11.5 Å². The minimum absolute atomic E-state index is 0.168. The number of aliphatic hydroxyl groups is 1. The van der Waals surface area contributed by atoms with Gasteiger partial charge in [-0.3, -0.25) is 0 Å². The zero-order chi connectivity index (χ0) is 22.6. The van der Waals surface area contributed by atoms with Crippen molar-refractivity contribution >= 4 is 7.85 Å². The van der Waals surface area contributed by atoms with Gasteiger partial charge in [0.05, 0.1) is 26.9 Å². The first-order chi connectivity index (χ1) is 15.6. The van der Waals surface area contributed by atoms with Gasteiger partial charge >= 0.3 is 0 Å². The van der Waals surface area contributed by atoms with E-state index in [1.807, 2.05) is 78.9 Å². The van der Waals surface area contributed by atoms with E-state index < -0.39 is 23.8 Å². The zero-order valence-electron chi connectivity index (χ0n) is 18.3. The van der Waals surface area contributed by atoms with E-state index in [2.05, 4.69) is 0 Å². The predicted octanol–water partition coefficient (Wildman–Crippen LogP) is 3.66. The van der Waals surface area contributed by atoms with Crippen LogP contribution in [-0.4, -0.2) is 52.0 Å². The highest BCUT2D eigenvalue weighted by Crippen LogP contribution is 2.42. The Labute approximate surface area is 190 Å². The number of benzene rings is 3. The van der Waals surface area contributed by atoms with Crippen molar-refractivity contribution in [2.45, 2.75) is 30.2 Å². The Morgan fingerprint density at radius 2 is 1.34 bits per heavy atom. The predicted molar refractivity (Wildman–Crippen MR) is 123 cm³/mol. The van der Waals surface area contributed by atoms with Gasteiger partial charge in [0, 0.05) is 6.00 Å². The highest BCUT2D eigenvalue weighted by atomic mass is 16.6. The summed E-state index contributed by atoms with van der Waals surface area (Å²) in [6.45, 7) is 0.168. The maximum Gasteiger partial charge on any atom is 0.143 e. The van der Waals surface area contributed by atoms with Crippen LogP contribution in [0.25, 0.3) is 0 Å². The normalized spacial score (nSPS) is 20.8. The third-order valence-electron chi connectivity index (χ3n) is 5.89. The summed E-state index contributed by atoms with van der Waals surface area (Å²) in [5.74, 6) is 1.51. The fourth-order valence-electron chi connectivity index (χ4n) is 4.19. The van der Waals surface area contributed by atoms with Gasteiger partial charge in [0.25, 0.3) is 0 Å². The van der Waals surface area contributed by atoms with Gasteiger partial charge in [0.2, 0.25) is 0 Å². The molecule has 0 amide bonds. The Morgan fingerprint density at radius 1 is 0.844 bits per heavy atom. The molecular formula is C26H27BO5. The molecule has 0 spiro atoms. The lowest BCUT2D eigenvalue weighted by molar-refractivity contribution is -0.0737. The molecule has 3 aromatic carbocycles. The number of aliphatic hydroxyl groups excluding tert-OH is 1. The summed E-state index contributed by atoms with van der Waals surface area (Å²) in [5.41, 5.74) is 1.85. The van der Waals surface area contributed by atoms with E-state index in [0.29, 0.717) is 6.42 Å². The van der Waals surface area contributed by atoms with Crippen molar-refractivity contribution in [2.24, 2.45) is 0 Å². The van der Waals surface area contributed by atoms with Gasteiger partial charge in [-0.1, -0.05) is 54.6 Å². The zero-order valence-corrected chi connectivity index (χ0v) is 18.3. The Hall–Kier alpha value is -2.80. The van der Waals surface area contributed by atoms with Crippen LogP contribution in [0.5, 0.6) is 11.5 Å². The largest absolute Gasteiger partial charge is 0.497 e. The van der Waals surface area contributed by atoms with Crippen LogP contribution in [0.15, 0.2) is 78.9 Å². The van der Waals surface area contributed by atoms with Crippen molar-refractivity contribution in [3.63, 3.8) is 0 Å². The van der Waals surface area contributed by atoms with Gasteiger partial charge in [-0.05, 0) is 47.4 Å². The van der Waals surface area contributed by atoms with Crippen LogP contribution in [0.1, 0.15) is 23.1 Å². The van der Waals surface area contributed by atoms with Crippen molar-refractivity contribution in [1.29, 1.82) is 0 Å². The summed E-state index contributed by atoms with van der Waals surface area (Å²) in [7, 11) is 9.17. The van der Waals surface area contributed by atoms with Gasteiger partial charge in [0.15, 0.2) is 0 Å². The average molecular weight is 430 g/mol. The summed E-state index contributed by atoms with van der Waals surface area (Å²) in [4.78, 5) is 0. The first-order valence-corrected chi connectivity index (χ1v) is 10.6. The average Bonchev–Trinajstić information content (AvgIpc) is 3.17. The molecule has 1 fully saturated rings. The highest BCUT2D eigenvalue weighted by molar-refractivity contribution is 6.11. The molecule has 3 aromatic rings. The van der Waals surface area contributed by atoms with E-state index in [9.17, 15) is 5.11 Å². The maximum absolute atomic E-state index is 10.4. The quantitative estimate of drug-likeness (QED) is 0.437. The van der Waals surface area contributed by atoms with Gasteiger partial charge in [-0.25, -0.2) is 0 Å². The monoisotopic (exact) mass is 430 g/mol. The summed E-state index contributed by atoms with van der Waals surface area (Å²) in [6, 6.07) is 25.1. The molecule has 1 saturated heterocycles. The lowest BCUT2D eigenvalue weighted by atomic mass is 9.80. The van der Waals surface area contributed by atoms with E-state index in [-0.39, 0.29) is 6.61 Å². The third kappa shape index (κ3) is 4.39. The Morgan fingerprint density at radius 3 is 1.78 bits per heavy atom. The number of ether oxygens (including phenoxy) is 4. The molecule has 1 heterocycles. The highest BCUT2D eigenvalue weighted by Gasteiger charge is 2.40. The molecule has 1 aliphatic heterocycles. The van der Waals surface area contributed by atoms with Crippen molar-refractivity contribution in [3.05, 3.63) is 95.6 Å². The maximum atomic E-state index is 10.4. The van der Waals surface area contributed by atoms with E-state index in [0.717, 1.165) is 28.2 Å². The smallest absolute Gasteiger partial charge is 0.143 e. The lowest BCUT2D eigenvalue weighted by Gasteiger charge is -2.37. The summed E-state index contributed by atoms with van der Waals surface area (Å²) >= 11 is 0. The van der Waals surface area contributed by atoms with Gasteiger partial charge in [0.1, 0.15) is 31.1 Å². The fraction of sp³-hybridized carbons (Fsp3) is 0.308. The minimum Gasteiger partial charge on any atom is -0.497 e. The summed E-state index contributed by atoms with van der Waals surface area (Å²) in [5, 5.41) is 10.4. The topological polar surface area (TPSA) is 57.2 Å². The van der Waals surface area contributed by atoms with Crippen LogP contribution in [0.4, 0.5) is 0 Å². The fourth-order valence-corrected chi connectivity index (χ4v) is 4.19. The van der Waals surface area contributed by atoms with Crippen LogP contribution in [0.3, 0.4) is 0 Å². The number of hydrogen-bond acceptors (Lipinski definition) is 5. The Bertz CT molecular complexity index is 943. The first kappa shape index (κ1) is 22.4. The van der Waals surface area contributed by atoms with Crippen LogP contribution < -0.4 is 9.47 Å². The molecule has 6 heteroatoms. The molecule has 164 valence electrons. The van der Waals surface area contributed by atoms with Gasteiger partial charge < -0.3 is 24.1 Å². The first-order valence-electron chi connectivity index (χ1n) is 10.6. The number of hydrogen-bond donors (Lipinski definition) is 1. The molecule has 1 N–H and O–H groups in total. The van der Waals surface area contributed by atoms with Crippen LogP contribution in [0.2, 0.25) is 0 Å². The van der Waals surface area contributed by atoms with E-state index in [4.69, 9.17) is 26.8 Å². The molecule has 0 bridgehead atoms. The van der Waals surface area contributed by atoms with Gasteiger partial charge in [-0.2, -0.15) is 0 Å². The molecule has 3 atom stereocenters. The second-order valence-corrected chi connectivity index (χ2v) is 7.83. The number of rotatable bonds is 8. The second kappa shape index (κ2) is 9.78. The SMILES string of the molecule is [B]C1CC(O)C(COC(c2ccccc2)(c2ccc(OC)cc2)c2ccc(OC)cc2)O1. The Kier molecular flexibility index (Phi) is 6.84. The lowest BCUT2D eigenvalue weighted by Crippen LogP contribution is -2.38. The molecule has 5 nitrogen and oxygen atoms in total. The van der Waals surface area contributed by atoms with Gasteiger partial charge in [-0.15, -0.1) is 0 Å². The summed E-state index contributed by atoms with van der Waals surface area (Å²) in [6.07, 6.45) is -0.799. The number of methoxy groups -OCH3 is 2. The standard InChI is InChI=1S/C26H27BO5/c1-29-21-12-8-19(9-13-21)26(18-6-4-3-5-7-18,20-10-14-22(30-2)15-11-20)31-17-24-23(28)16-25(27)32-24/h3-15,23-25,28H,16-17H2,1-2H3. The van der Waals surface area contributed by atoms with Crippen LogP contribution in [-0.2, 0) is 15.1 Å². The molecular weight excluding hydrogens is 403 g/mol.